The summed E-state index contributed by atoms with van der Waals surface area (Å²) >= 11 is 0. The highest BCUT2D eigenvalue weighted by molar-refractivity contribution is 6.07. The minimum Gasteiger partial charge on any atom is -0.507 e. The Morgan fingerprint density at radius 1 is 1.21 bits per heavy atom. The molecule has 0 fully saturated rings. The molecule has 5 heteroatoms. The van der Waals surface area contributed by atoms with Gasteiger partial charge in [-0.15, -0.1) is 0 Å². The van der Waals surface area contributed by atoms with Crippen molar-refractivity contribution in [3.05, 3.63) is 54.4 Å². The van der Waals surface area contributed by atoms with Crippen LogP contribution in [0.3, 0.4) is 0 Å². The Bertz CT molecular complexity index is 736. The zero-order valence-corrected chi connectivity index (χ0v) is 9.92. The molecule has 3 rings (SSSR count). The highest BCUT2D eigenvalue weighted by Crippen LogP contribution is 2.25. The van der Waals surface area contributed by atoms with Gasteiger partial charge in [0.2, 0.25) is 5.95 Å². The number of anilines is 1. The van der Waals surface area contributed by atoms with Crippen LogP contribution in [-0.2, 0) is 0 Å². The second-order valence-corrected chi connectivity index (χ2v) is 4.11. The van der Waals surface area contributed by atoms with Crippen LogP contribution in [0, 0.1) is 0 Å². The number of aromatic hydroxyl groups is 1. The molecule has 5 nitrogen and oxygen atoms in total. The number of carbonyl (C=O) groups excluding carboxylic acids is 1. The van der Waals surface area contributed by atoms with Gasteiger partial charge in [0.05, 0.1) is 5.56 Å². The molecular weight excluding hydrogens is 242 g/mol. The summed E-state index contributed by atoms with van der Waals surface area (Å²) in [4.78, 5) is 18.7. The third-order valence-corrected chi connectivity index (χ3v) is 2.84. The van der Waals surface area contributed by atoms with Crippen molar-refractivity contribution in [1.82, 2.24) is 9.97 Å². The van der Waals surface area contributed by atoms with E-state index in [1.807, 2.05) is 24.3 Å². The fraction of sp³-hybridized carbons (Fsp3) is 0. The lowest BCUT2D eigenvalue weighted by Gasteiger charge is -2.06. The Balaban J connectivity index is 1.99. The number of aromatic nitrogens is 2. The van der Waals surface area contributed by atoms with Crippen molar-refractivity contribution in [1.29, 1.82) is 0 Å². The summed E-state index contributed by atoms with van der Waals surface area (Å²) in [6.07, 6.45) is 3.14. The lowest BCUT2D eigenvalue weighted by molar-refractivity contribution is 0.102. The zero-order chi connectivity index (χ0) is 13.2. The van der Waals surface area contributed by atoms with Gasteiger partial charge in [-0.3, -0.25) is 10.1 Å². The Kier molecular flexibility index (Phi) is 2.64. The maximum absolute atomic E-state index is 12.0. The van der Waals surface area contributed by atoms with Gasteiger partial charge in [0, 0.05) is 12.4 Å². The SMILES string of the molecule is O=C(Nc1ncc[nH]1)c1cc2ccccc2cc1O. The second kappa shape index (κ2) is 4.45. The first-order valence-corrected chi connectivity index (χ1v) is 5.76. The number of amides is 1. The molecule has 0 saturated heterocycles. The number of phenols is 1. The molecule has 3 aromatic rings. The molecule has 0 unspecified atom stereocenters. The minimum absolute atomic E-state index is 0.0530. The summed E-state index contributed by atoms with van der Waals surface area (Å²) in [5, 5.41) is 14.3. The quantitative estimate of drug-likeness (QED) is 0.656. The molecule has 1 heterocycles. The lowest BCUT2D eigenvalue weighted by Crippen LogP contribution is -2.13. The highest BCUT2D eigenvalue weighted by Gasteiger charge is 2.13. The van der Waals surface area contributed by atoms with E-state index in [-0.39, 0.29) is 11.3 Å². The molecule has 0 radical (unpaired) electrons. The molecule has 94 valence electrons. The first-order chi connectivity index (χ1) is 9.24. The first-order valence-electron chi connectivity index (χ1n) is 5.76. The third-order valence-electron chi connectivity index (χ3n) is 2.84. The van der Waals surface area contributed by atoms with Crippen LogP contribution in [0.5, 0.6) is 5.75 Å². The Morgan fingerprint density at radius 2 is 1.95 bits per heavy atom. The fourth-order valence-corrected chi connectivity index (χ4v) is 1.92. The van der Waals surface area contributed by atoms with Gasteiger partial charge in [-0.1, -0.05) is 24.3 Å². The maximum atomic E-state index is 12.0. The molecule has 0 spiro atoms. The number of H-pyrrole nitrogens is 1. The van der Waals surface area contributed by atoms with Crippen molar-refractivity contribution in [2.24, 2.45) is 0 Å². The Hall–Kier alpha value is -2.82. The number of nitrogens with one attached hydrogen (secondary N) is 2. The van der Waals surface area contributed by atoms with Gasteiger partial charge in [-0.05, 0) is 22.9 Å². The molecule has 0 aliphatic carbocycles. The van der Waals surface area contributed by atoms with Crippen LogP contribution < -0.4 is 5.32 Å². The van der Waals surface area contributed by atoms with E-state index in [1.165, 1.54) is 6.20 Å². The molecule has 2 aromatic carbocycles. The molecule has 19 heavy (non-hydrogen) atoms. The Labute approximate surface area is 108 Å². The molecule has 0 aliphatic heterocycles. The van der Waals surface area contributed by atoms with Crippen LogP contribution in [0.2, 0.25) is 0 Å². The van der Waals surface area contributed by atoms with Crippen molar-refractivity contribution < 1.29 is 9.90 Å². The molecular formula is C14H11N3O2. The molecule has 1 aromatic heterocycles. The lowest BCUT2D eigenvalue weighted by atomic mass is 10.1. The summed E-state index contributed by atoms with van der Waals surface area (Å²) in [6, 6.07) is 10.8. The van der Waals surface area contributed by atoms with E-state index in [1.54, 1.807) is 18.3 Å². The number of rotatable bonds is 2. The van der Waals surface area contributed by atoms with Crippen molar-refractivity contribution in [3.63, 3.8) is 0 Å². The predicted octanol–water partition coefficient (Wildman–Crippen LogP) is 2.52. The summed E-state index contributed by atoms with van der Waals surface area (Å²) in [5.74, 6) is -0.112. The monoisotopic (exact) mass is 253 g/mol. The molecule has 0 saturated carbocycles. The van der Waals surface area contributed by atoms with Gasteiger partial charge in [0.1, 0.15) is 5.75 Å². The van der Waals surface area contributed by atoms with E-state index in [2.05, 4.69) is 15.3 Å². The summed E-state index contributed by atoms with van der Waals surface area (Å²) in [7, 11) is 0. The number of imidazole rings is 1. The standard InChI is InChI=1S/C14H11N3O2/c18-12-8-10-4-2-1-3-9(10)7-11(12)13(19)17-14-15-5-6-16-14/h1-8,18H,(H2,15,16,17,19). The van der Waals surface area contributed by atoms with Crippen molar-refractivity contribution in [2.45, 2.75) is 0 Å². The molecule has 0 aliphatic rings. The van der Waals surface area contributed by atoms with Crippen LogP contribution in [0.1, 0.15) is 10.4 Å². The predicted molar refractivity (Wildman–Crippen MR) is 72.2 cm³/mol. The number of aromatic amines is 1. The average molecular weight is 253 g/mol. The van der Waals surface area contributed by atoms with E-state index in [9.17, 15) is 9.90 Å². The average Bonchev–Trinajstić information content (AvgIpc) is 2.90. The van der Waals surface area contributed by atoms with E-state index < -0.39 is 5.91 Å². The topological polar surface area (TPSA) is 78.0 Å². The zero-order valence-electron chi connectivity index (χ0n) is 9.92. The first kappa shape index (κ1) is 11.3. The fourth-order valence-electron chi connectivity index (χ4n) is 1.92. The van der Waals surface area contributed by atoms with E-state index in [4.69, 9.17) is 0 Å². The van der Waals surface area contributed by atoms with E-state index >= 15 is 0 Å². The minimum atomic E-state index is -0.404. The molecule has 3 N–H and O–H groups in total. The van der Waals surface area contributed by atoms with Gasteiger partial charge in [-0.25, -0.2) is 4.98 Å². The van der Waals surface area contributed by atoms with Gasteiger partial charge < -0.3 is 10.1 Å². The molecule has 1 amide bonds. The number of carbonyl (C=O) groups is 1. The maximum Gasteiger partial charge on any atom is 0.261 e. The van der Waals surface area contributed by atoms with Gasteiger partial charge >= 0.3 is 0 Å². The smallest absolute Gasteiger partial charge is 0.261 e. The van der Waals surface area contributed by atoms with Crippen molar-refractivity contribution in [2.75, 3.05) is 5.32 Å². The van der Waals surface area contributed by atoms with Crippen LogP contribution in [0.25, 0.3) is 10.8 Å². The van der Waals surface area contributed by atoms with Crippen LogP contribution >= 0.6 is 0 Å². The normalized spacial score (nSPS) is 10.5. The van der Waals surface area contributed by atoms with Gasteiger partial charge in [-0.2, -0.15) is 0 Å². The largest absolute Gasteiger partial charge is 0.507 e. The number of phenolic OH excluding ortho intramolecular Hbond substituents is 1. The van der Waals surface area contributed by atoms with Crippen LogP contribution in [0.15, 0.2) is 48.8 Å². The van der Waals surface area contributed by atoms with Gasteiger partial charge in [0.25, 0.3) is 5.91 Å². The molecule has 0 atom stereocenters. The van der Waals surface area contributed by atoms with Crippen LogP contribution in [0.4, 0.5) is 5.95 Å². The number of nitrogens with zero attached hydrogens (tertiary/aromatic N) is 1. The van der Waals surface area contributed by atoms with Crippen molar-refractivity contribution in [3.8, 4) is 5.75 Å². The second-order valence-electron chi connectivity index (χ2n) is 4.11. The van der Waals surface area contributed by atoms with E-state index in [0.29, 0.717) is 5.95 Å². The number of hydrogen-bond acceptors (Lipinski definition) is 3. The summed E-state index contributed by atoms with van der Waals surface area (Å²) < 4.78 is 0. The number of benzene rings is 2. The number of hydrogen-bond donors (Lipinski definition) is 3. The van der Waals surface area contributed by atoms with Gasteiger partial charge in [0.15, 0.2) is 0 Å². The number of fused-ring (bicyclic) bond motifs is 1. The highest BCUT2D eigenvalue weighted by atomic mass is 16.3. The third kappa shape index (κ3) is 2.13. The summed E-state index contributed by atoms with van der Waals surface area (Å²) in [6.45, 7) is 0. The Morgan fingerprint density at radius 3 is 2.63 bits per heavy atom. The van der Waals surface area contributed by atoms with Crippen molar-refractivity contribution >= 4 is 22.6 Å². The molecule has 0 bridgehead atoms. The van der Waals surface area contributed by atoms with Crippen LogP contribution in [-0.4, -0.2) is 21.0 Å². The summed E-state index contributed by atoms with van der Waals surface area (Å²) in [5.41, 5.74) is 0.218. The van der Waals surface area contributed by atoms with E-state index in [0.717, 1.165) is 10.8 Å².